The lowest BCUT2D eigenvalue weighted by atomic mass is 9.99. The van der Waals surface area contributed by atoms with Crippen LogP contribution in [0.3, 0.4) is 0 Å². The highest BCUT2D eigenvalue weighted by molar-refractivity contribution is 7.99. The van der Waals surface area contributed by atoms with Gasteiger partial charge in [-0.3, -0.25) is 4.79 Å². The number of benzene rings is 2. The number of ether oxygens (including phenoxy) is 3. The zero-order valence-corrected chi connectivity index (χ0v) is 21.1. The molecular formula is C27H31N3O4S. The monoisotopic (exact) mass is 493 g/mol. The van der Waals surface area contributed by atoms with Crippen LogP contribution in [0.4, 0.5) is 0 Å². The highest BCUT2D eigenvalue weighted by atomic mass is 32.2. The van der Waals surface area contributed by atoms with Crippen molar-refractivity contribution in [3.8, 4) is 22.8 Å². The summed E-state index contributed by atoms with van der Waals surface area (Å²) in [6, 6.07) is 14.3. The van der Waals surface area contributed by atoms with E-state index in [1.54, 1.807) is 14.2 Å². The van der Waals surface area contributed by atoms with Crippen LogP contribution in [-0.2, 0) is 29.0 Å². The Morgan fingerprint density at radius 1 is 1.14 bits per heavy atom. The molecule has 35 heavy (non-hydrogen) atoms. The Labute approximate surface area is 210 Å². The normalized spacial score (nSPS) is 17.3. The number of aromatic nitrogens is 2. The fourth-order valence-corrected chi connectivity index (χ4v) is 5.69. The van der Waals surface area contributed by atoms with E-state index < -0.39 is 0 Å². The van der Waals surface area contributed by atoms with Gasteiger partial charge in [-0.2, -0.15) is 0 Å². The van der Waals surface area contributed by atoms with E-state index in [2.05, 4.69) is 16.7 Å². The van der Waals surface area contributed by atoms with Gasteiger partial charge in [0.25, 0.3) is 0 Å². The van der Waals surface area contributed by atoms with E-state index in [9.17, 15) is 4.79 Å². The van der Waals surface area contributed by atoms with Crippen LogP contribution in [0.2, 0.25) is 0 Å². The minimum absolute atomic E-state index is 0.114. The van der Waals surface area contributed by atoms with Crippen molar-refractivity contribution < 1.29 is 19.0 Å². The molecule has 1 amide bonds. The molecule has 1 fully saturated rings. The van der Waals surface area contributed by atoms with Gasteiger partial charge in [-0.1, -0.05) is 42.1 Å². The van der Waals surface area contributed by atoms with E-state index >= 15 is 0 Å². The minimum atomic E-state index is 0.114. The summed E-state index contributed by atoms with van der Waals surface area (Å²) in [7, 11) is 3.28. The maximum atomic E-state index is 13.2. The largest absolute Gasteiger partial charge is 0.493 e. The van der Waals surface area contributed by atoms with Gasteiger partial charge >= 0.3 is 0 Å². The molecule has 0 spiro atoms. The second kappa shape index (κ2) is 10.7. The van der Waals surface area contributed by atoms with Gasteiger partial charge in [0.15, 0.2) is 16.7 Å². The van der Waals surface area contributed by atoms with Crippen LogP contribution in [0.25, 0.3) is 11.3 Å². The quantitative estimate of drug-likeness (QED) is 0.433. The fourth-order valence-electron chi connectivity index (χ4n) is 4.80. The third-order valence-corrected chi connectivity index (χ3v) is 7.67. The molecule has 0 radical (unpaired) electrons. The molecule has 1 saturated heterocycles. The van der Waals surface area contributed by atoms with Gasteiger partial charge in [0, 0.05) is 19.7 Å². The molecule has 2 aliphatic rings. The Morgan fingerprint density at radius 3 is 2.63 bits per heavy atom. The van der Waals surface area contributed by atoms with E-state index in [4.69, 9.17) is 19.2 Å². The Hall–Kier alpha value is -2.97. The molecular weight excluding hydrogens is 462 g/mol. The fraction of sp³-hybridized carbons (Fsp3) is 0.407. The summed E-state index contributed by atoms with van der Waals surface area (Å²) in [5.74, 6) is 1.89. The first-order valence-electron chi connectivity index (χ1n) is 12.0. The molecule has 5 rings (SSSR count). The molecule has 8 heteroatoms. The number of rotatable bonds is 8. The number of carbonyl (C=O) groups excluding carboxylic acids is 1. The molecule has 0 N–H and O–H groups in total. The summed E-state index contributed by atoms with van der Waals surface area (Å²) in [6.07, 6.45) is 5.05. The number of carbonyl (C=O) groups is 1. The van der Waals surface area contributed by atoms with Crippen LogP contribution in [0, 0.1) is 0 Å². The molecule has 3 heterocycles. The lowest BCUT2D eigenvalue weighted by molar-refractivity contribution is -0.129. The van der Waals surface area contributed by atoms with Gasteiger partial charge in [-0.15, -0.1) is 0 Å². The van der Waals surface area contributed by atoms with Crippen molar-refractivity contribution in [2.45, 2.75) is 43.6 Å². The molecule has 1 unspecified atom stereocenters. The van der Waals surface area contributed by atoms with Crippen LogP contribution < -0.4 is 9.47 Å². The lowest BCUT2D eigenvalue weighted by Crippen LogP contribution is -2.37. The van der Waals surface area contributed by atoms with Crippen LogP contribution in [0.5, 0.6) is 11.5 Å². The predicted octanol–water partition coefficient (Wildman–Crippen LogP) is 4.42. The van der Waals surface area contributed by atoms with Crippen LogP contribution in [0.1, 0.15) is 24.0 Å². The Bertz CT molecular complexity index is 1170. The minimum Gasteiger partial charge on any atom is -0.493 e. The highest BCUT2D eigenvalue weighted by Gasteiger charge is 2.25. The van der Waals surface area contributed by atoms with Crippen molar-refractivity contribution >= 4 is 17.7 Å². The smallest absolute Gasteiger partial charge is 0.233 e. The van der Waals surface area contributed by atoms with Gasteiger partial charge in [-0.25, -0.2) is 4.98 Å². The molecule has 0 bridgehead atoms. The van der Waals surface area contributed by atoms with Crippen molar-refractivity contribution in [3.05, 3.63) is 59.8 Å². The summed E-state index contributed by atoms with van der Waals surface area (Å²) in [5.41, 5.74) is 4.50. The average molecular weight is 494 g/mol. The highest BCUT2D eigenvalue weighted by Crippen LogP contribution is 2.34. The van der Waals surface area contributed by atoms with E-state index in [0.29, 0.717) is 24.6 Å². The first-order chi connectivity index (χ1) is 17.2. The van der Waals surface area contributed by atoms with Gasteiger partial charge in [0.2, 0.25) is 5.91 Å². The second-order valence-corrected chi connectivity index (χ2v) is 9.81. The number of hydrogen-bond acceptors (Lipinski definition) is 6. The average Bonchev–Trinajstić information content (AvgIpc) is 3.57. The lowest BCUT2D eigenvalue weighted by Gasteiger charge is -2.29. The van der Waals surface area contributed by atoms with Crippen molar-refractivity contribution in [2.24, 2.45) is 0 Å². The molecule has 0 saturated carbocycles. The van der Waals surface area contributed by atoms with Crippen molar-refractivity contribution in [2.75, 3.05) is 33.1 Å². The SMILES string of the molecule is COc1cc2c(cc1OC)CN(C(=O)CSc1ncc(-c3ccccc3)n1CC1CCCO1)CC2. The number of nitrogens with zero attached hydrogens (tertiary/aromatic N) is 3. The molecule has 1 aromatic heterocycles. The molecule has 2 aromatic carbocycles. The molecule has 7 nitrogen and oxygen atoms in total. The molecule has 0 aliphatic carbocycles. The molecule has 184 valence electrons. The predicted molar refractivity (Wildman–Crippen MR) is 136 cm³/mol. The van der Waals surface area contributed by atoms with Gasteiger partial charge in [-0.05, 0) is 48.1 Å². The summed E-state index contributed by atoms with van der Waals surface area (Å²) in [5, 5.41) is 0.858. The topological polar surface area (TPSA) is 65.8 Å². The third kappa shape index (κ3) is 5.18. The third-order valence-electron chi connectivity index (χ3n) is 6.69. The number of methoxy groups -OCH3 is 2. The van der Waals surface area contributed by atoms with E-state index in [0.717, 1.165) is 60.1 Å². The maximum Gasteiger partial charge on any atom is 0.233 e. The summed E-state index contributed by atoms with van der Waals surface area (Å²) < 4.78 is 19.0. The van der Waals surface area contributed by atoms with Gasteiger partial charge < -0.3 is 23.7 Å². The standard InChI is InChI=1S/C27H31N3O4S/c1-32-24-13-20-10-11-29(16-21(20)14-25(24)33-2)26(31)18-35-27-28-15-23(19-7-4-3-5-8-19)30(27)17-22-9-6-12-34-22/h3-5,7-8,13-15,22H,6,9-12,16-18H2,1-2H3. The van der Waals surface area contributed by atoms with Crippen LogP contribution in [0.15, 0.2) is 53.8 Å². The molecule has 3 aromatic rings. The molecule has 1 atom stereocenters. The van der Waals surface area contributed by atoms with Gasteiger partial charge in [0.1, 0.15) is 0 Å². The van der Waals surface area contributed by atoms with E-state index in [1.807, 2.05) is 41.4 Å². The van der Waals surface area contributed by atoms with Crippen LogP contribution in [-0.4, -0.2) is 59.6 Å². The summed E-state index contributed by atoms with van der Waals surface area (Å²) >= 11 is 1.50. The zero-order chi connectivity index (χ0) is 24.2. The Kier molecular flexibility index (Phi) is 7.29. The number of amides is 1. The maximum absolute atomic E-state index is 13.2. The number of imidazole rings is 1. The first-order valence-corrected chi connectivity index (χ1v) is 13.0. The molecule has 2 aliphatic heterocycles. The summed E-state index contributed by atoms with van der Waals surface area (Å²) in [4.78, 5) is 19.8. The van der Waals surface area contributed by atoms with Crippen molar-refractivity contribution in [1.82, 2.24) is 14.5 Å². The second-order valence-electron chi connectivity index (χ2n) is 8.87. The Morgan fingerprint density at radius 2 is 1.91 bits per heavy atom. The number of hydrogen-bond donors (Lipinski definition) is 0. The van der Waals surface area contributed by atoms with Crippen molar-refractivity contribution in [1.29, 1.82) is 0 Å². The first kappa shape index (κ1) is 23.8. The van der Waals surface area contributed by atoms with Crippen LogP contribution >= 0.6 is 11.8 Å². The Balaban J connectivity index is 1.29. The number of fused-ring (bicyclic) bond motifs is 1. The van der Waals surface area contributed by atoms with Crippen molar-refractivity contribution in [3.63, 3.8) is 0 Å². The van der Waals surface area contributed by atoms with E-state index in [1.165, 1.54) is 17.3 Å². The zero-order valence-electron chi connectivity index (χ0n) is 20.2. The summed E-state index contributed by atoms with van der Waals surface area (Å²) in [6.45, 7) is 2.84. The van der Waals surface area contributed by atoms with E-state index in [-0.39, 0.29) is 12.0 Å². The van der Waals surface area contributed by atoms with Gasteiger partial charge in [0.05, 0.1) is 44.5 Å². The number of thioether (sulfide) groups is 1.